The Morgan fingerprint density at radius 3 is 1.78 bits per heavy atom. The summed E-state index contributed by atoms with van der Waals surface area (Å²) in [6.07, 6.45) is 4.38. The Morgan fingerprint density at radius 1 is 0.852 bits per heavy atom. The van der Waals surface area contributed by atoms with Gasteiger partial charge in [0.15, 0.2) is 0 Å². The number of aliphatic carboxylic acids is 1. The van der Waals surface area contributed by atoms with Crippen molar-refractivity contribution in [2.45, 2.75) is 50.9 Å². The van der Waals surface area contributed by atoms with Crippen LogP contribution in [0.5, 0.6) is 0 Å². The minimum atomic E-state index is -1.13. The first kappa shape index (κ1) is 25.5. The van der Waals surface area contributed by atoms with Gasteiger partial charge >= 0.3 is 5.97 Å². The summed E-state index contributed by atoms with van der Waals surface area (Å²) in [7, 11) is 0. The Hall–Kier alpha value is -1.46. The van der Waals surface area contributed by atoms with Gasteiger partial charge in [0, 0.05) is 0 Å². The lowest BCUT2D eigenvalue weighted by molar-refractivity contribution is -0.142. The maximum Gasteiger partial charge on any atom is 0.326 e. The lowest BCUT2D eigenvalue weighted by Gasteiger charge is -2.23. The fraction of sp³-hybridized carbons (Fsp3) is 0.750. The molecule has 0 saturated carbocycles. The van der Waals surface area contributed by atoms with Crippen molar-refractivity contribution in [1.82, 2.24) is 16.0 Å². The Labute approximate surface area is 168 Å². The molecule has 0 aromatic heterocycles. The second kappa shape index (κ2) is 13.7. The average molecular weight is 423 g/mol. The summed E-state index contributed by atoms with van der Waals surface area (Å²) in [5.41, 5.74) is 5.52. The lowest BCUT2D eigenvalue weighted by Crippen LogP contribution is -2.56. The molecule has 0 aromatic carbocycles. The van der Waals surface area contributed by atoms with Crippen LogP contribution in [-0.4, -0.2) is 77.0 Å². The smallest absolute Gasteiger partial charge is 0.326 e. The van der Waals surface area contributed by atoms with E-state index >= 15 is 0 Å². The highest BCUT2D eigenvalue weighted by Crippen LogP contribution is 2.04. The maximum absolute atomic E-state index is 12.4. The summed E-state index contributed by atoms with van der Waals surface area (Å²) in [5, 5.41) is 16.7. The van der Waals surface area contributed by atoms with Gasteiger partial charge in [0.05, 0.1) is 6.04 Å². The number of rotatable bonds is 13. The van der Waals surface area contributed by atoms with Crippen molar-refractivity contribution in [3.8, 4) is 0 Å². The second-order valence-electron chi connectivity index (χ2n) is 6.04. The largest absolute Gasteiger partial charge is 0.480 e. The Bertz CT molecular complexity index is 519. The number of nitrogens with two attached hydrogens (primary N) is 1. The molecule has 156 valence electrons. The molecule has 0 aliphatic heterocycles. The molecule has 0 heterocycles. The fourth-order valence-electron chi connectivity index (χ4n) is 1.98. The van der Waals surface area contributed by atoms with E-state index in [1.807, 2.05) is 12.5 Å². The Morgan fingerprint density at radius 2 is 1.33 bits per heavy atom. The molecule has 0 saturated heterocycles. The molecule has 11 heteroatoms. The first-order valence-corrected chi connectivity index (χ1v) is 11.3. The monoisotopic (exact) mass is 422 g/mol. The maximum atomic E-state index is 12.4. The van der Waals surface area contributed by atoms with Crippen LogP contribution in [0, 0.1) is 0 Å². The normalized spacial score (nSPS) is 15.1. The van der Waals surface area contributed by atoms with E-state index in [4.69, 9.17) is 5.73 Å². The number of hydrogen-bond donors (Lipinski definition) is 5. The minimum Gasteiger partial charge on any atom is -0.480 e. The number of carboxylic acids is 1. The summed E-state index contributed by atoms with van der Waals surface area (Å²) in [6, 6.07) is -3.55. The molecule has 0 fully saturated rings. The number of carboxylic acid groups (broad SMARTS) is 1. The van der Waals surface area contributed by atoms with Gasteiger partial charge in [-0.25, -0.2) is 4.79 Å². The Kier molecular flexibility index (Phi) is 12.9. The van der Waals surface area contributed by atoms with Gasteiger partial charge in [-0.15, -0.1) is 0 Å². The topological polar surface area (TPSA) is 151 Å². The van der Waals surface area contributed by atoms with Crippen LogP contribution >= 0.6 is 23.5 Å². The number of hydrogen-bond acceptors (Lipinski definition) is 7. The van der Waals surface area contributed by atoms with Gasteiger partial charge in [-0.2, -0.15) is 23.5 Å². The van der Waals surface area contributed by atoms with Gasteiger partial charge in [-0.1, -0.05) is 0 Å². The van der Waals surface area contributed by atoms with Crippen LogP contribution < -0.4 is 21.7 Å². The standard InChI is InChI=1S/C16H30N4O5S2/c1-9(17)13(21)19-11(5-7-26-3)15(23)18-10(2)14(22)20-12(16(24)25)6-8-27-4/h9-12H,5-8,17H2,1-4H3,(H,18,23)(H,19,21)(H,20,22)(H,24,25)/t9-,10-,11-,12-/m0/s1. The summed E-state index contributed by atoms with van der Waals surface area (Å²) in [6.45, 7) is 2.97. The molecule has 4 atom stereocenters. The van der Waals surface area contributed by atoms with Crippen molar-refractivity contribution in [2.24, 2.45) is 5.73 Å². The zero-order valence-electron chi connectivity index (χ0n) is 16.1. The predicted octanol–water partition coefficient (Wildman–Crippen LogP) is -0.601. The van der Waals surface area contributed by atoms with E-state index in [1.165, 1.54) is 37.4 Å². The third kappa shape index (κ3) is 10.5. The molecular formula is C16H30N4O5S2. The highest BCUT2D eigenvalue weighted by Gasteiger charge is 2.27. The third-order valence-corrected chi connectivity index (χ3v) is 4.92. The number of nitrogens with one attached hydrogen (secondary N) is 3. The molecular weight excluding hydrogens is 392 g/mol. The minimum absolute atomic E-state index is 0.281. The average Bonchev–Trinajstić information content (AvgIpc) is 2.60. The lowest BCUT2D eigenvalue weighted by atomic mass is 10.1. The number of thioether (sulfide) groups is 2. The van der Waals surface area contributed by atoms with Crippen molar-refractivity contribution >= 4 is 47.2 Å². The van der Waals surface area contributed by atoms with E-state index < -0.39 is 47.9 Å². The van der Waals surface area contributed by atoms with Crippen LogP contribution in [0.3, 0.4) is 0 Å². The first-order chi connectivity index (χ1) is 12.6. The molecule has 0 spiro atoms. The van der Waals surface area contributed by atoms with Gasteiger partial charge in [0.1, 0.15) is 18.1 Å². The molecule has 0 bridgehead atoms. The SMILES string of the molecule is CSCC[C@H](NC(=O)[C@H](C)NC(=O)[C@H](CCSC)NC(=O)[C@H](C)N)C(=O)O. The summed E-state index contributed by atoms with van der Waals surface area (Å²) < 4.78 is 0. The molecule has 0 radical (unpaired) electrons. The van der Waals surface area contributed by atoms with Gasteiger partial charge in [0.2, 0.25) is 17.7 Å². The highest BCUT2D eigenvalue weighted by molar-refractivity contribution is 7.98. The van der Waals surface area contributed by atoms with Gasteiger partial charge < -0.3 is 26.8 Å². The summed E-state index contributed by atoms with van der Waals surface area (Å²) in [5.74, 6) is -1.49. The van der Waals surface area contributed by atoms with Crippen LogP contribution in [0.1, 0.15) is 26.7 Å². The van der Waals surface area contributed by atoms with Crippen LogP contribution in [0.2, 0.25) is 0 Å². The highest BCUT2D eigenvalue weighted by atomic mass is 32.2. The van der Waals surface area contributed by atoms with Crippen molar-refractivity contribution in [3.63, 3.8) is 0 Å². The van der Waals surface area contributed by atoms with Crippen LogP contribution in [0.15, 0.2) is 0 Å². The second-order valence-corrected chi connectivity index (χ2v) is 8.01. The van der Waals surface area contributed by atoms with Crippen molar-refractivity contribution < 1.29 is 24.3 Å². The van der Waals surface area contributed by atoms with E-state index in [9.17, 15) is 24.3 Å². The third-order valence-electron chi connectivity index (χ3n) is 3.63. The predicted molar refractivity (Wildman–Crippen MR) is 109 cm³/mol. The van der Waals surface area contributed by atoms with E-state index in [1.54, 1.807) is 0 Å². The molecule has 9 nitrogen and oxygen atoms in total. The van der Waals surface area contributed by atoms with E-state index in [0.29, 0.717) is 17.9 Å². The first-order valence-electron chi connectivity index (χ1n) is 8.51. The van der Waals surface area contributed by atoms with E-state index in [2.05, 4.69) is 16.0 Å². The number of amides is 3. The molecule has 0 unspecified atom stereocenters. The van der Waals surface area contributed by atoms with Gasteiger partial charge in [-0.05, 0) is 50.7 Å². The van der Waals surface area contributed by atoms with Gasteiger partial charge in [0.25, 0.3) is 0 Å². The quantitative estimate of drug-likeness (QED) is 0.264. The van der Waals surface area contributed by atoms with E-state index in [-0.39, 0.29) is 6.42 Å². The van der Waals surface area contributed by atoms with E-state index in [0.717, 1.165) is 0 Å². The molecule has 0 aliphatic carbocycles. The molecule has 0 rings (SSSR count). The van der Waals surface area contributed by atoms with Crippen LogP contribution in [0.25, 0.3) is 0 Å². The molecule has 0 aliphatic rings. The zero-order valence-corrected chi connectivity index (χ0v) is 17.7. The molecule has 0 aromatic rings. The van der Waals surface area contributed by atoms with Crippen molar-refractivity contribution in [1.29, 1.82) is 0 Å². The Balaban J connectivity index is 4.85. The van der Waals surface area contributed by atoms with Crippen molar-refractivity contribution in [3.05, 3.63) is 0 Å². The van der Waals surface area contributed by atoms with Crippen LogP contribution in [0.4, 0.5) is 0 Å². The van der Waals surface area contributed by atoms with Gasteiger partial charge in [-0.3, -0.25) is 14.4 Å². The molecule has 6 N–H and O–H groups in total. The number of carbonyl (C=O) groups is 4. The van der Waals surface area contributed by atoms with Crippen LogP contribution in [-0.2, 0) is 19.2 Å². The summed E-state index contributed by atoms with van der Waals surface area (Å²) >= 11 is 2.99. The summed E-state index contributed by atoms with van der Waals surface area (Å²) in [4.78, 5) is 47.7. The zero-order chi connectivity index (χ0) is 21.0. The molecule has 3 amide bonds. The number of carbonyl (C=O) groups excluding carboxylic acids is 3. The molecule has 27 heavy (non-hydrogen) atoms. The fourth-order valence-corrected chi connectivity index (χ4v) is 2.92. The van der Waals surface area contributed by atoms with Crippen molar-refractivity contribution in [2.75, 3.05) is 24.0 Å².